The molecule has 3 aromatic rings. The van der Waals surface area contributed by atoms with Gasteiger partial charge in [-0.05, 0) is 110 Å². The summed E-state index contributed by atoms with van der Waals surface area (Å²) in [6.45, 7) is 1.81. The van der Waals surface area contributed by atoms with Crippen LogP contribution in [0.5, 0.6) is 0 Å². The van der Waals surface area contributed by atoms with Crippen molar-refractivity contribution in [2.24, 2.45) is 17.8 Å². The van der Waals surface area contributed by atoms with Gasteiger partial charge in [0.1, 0.15) is 12.6 Å². The Kier molecular flexibility index (Phi) is 10.1. The quantitative estimate of drug-likeness (QED) is 0.215. The molecule has 0 aliphatic heterocycles. The zero-order chi connectivity index (χ0) is 34.9. The van der Waals surface area contributed by atoms with Gasteiger partial charge >= 0.3 is 0 Å². The van der Waals surface area contributed by atoms with Crippen LogP contribution in [0, 0.1) is 24.7 Å². The van der Waals surface area contributed by atoms with E-state index in [0.29, 0.717) is 12.1 Å². The van der Waals surface area contributed by atoms with E-state index in [0.717, 1.165) is 66.4 Å². The number of rotatable bonds is 12. The maximum absolute atomic E-state index is 14.6. The summed E-state index contributed by atoms with van der Waals surface area (Å²) in [5, 5.41) is 3.28. The predicted molar refractivity (Wildman–Crippen MR) is 199 cm³/mol. The van der Waals surface area contributed by atoms with Crippen LogP contribution in [0.3, 0.4) is 0 Å². The van der Waals surface area contributed by atoms with Crippen LogP contribution in [0.15, 0.2) is 78.9 Å². The first-order valence-electron chi connectivity index (χ1n) is 18.8. The third-order valence-corrected chi connectivity index (χ3v) is 13.3. The first-order chi connectivity index (χ1) is 24.0. The van der Waals surface area contributed by atoms with Crippen LogP contribution in [0.1, 0.15) is 92.9 Å². The fraction of sp³-hybridized carbons (Fsp3) is 0.524. The van der Waals surface area contributed by atoms with E-state index in [-0.39, 0.29) is 30.5 Å². The van der Waals surface area contributed by atoms with Gasteiger partial charge < -0.3 is 10.2 Å². The molecule has 3 aromatic carbocycles. The lowest BCUT2D eigenvalue weighted by atomic mass is 9.48. The van der Waals surface area contributed by atoms with Crippen molar-refractivity contribution in [1.29, 1.82) is 0 Å². The van der Waals surface area contributed by atoms with Crippen LogP contribution < -0.4 is 9.62 Å². The van der Waals surface area contributed by atoms with E-state index < -0.39 is 22.0 Å². The van der Waals surface area contributed by atoms with Gasteiger partial charge in [-0.15, -0.1) is 0 Å². The molecule has 0 saturated heterocycles. The fourth-order valence-electron chi connectivity index (χ4n) is 10.2. The minimum Gasteiger partial charge on any atom is -0.352 e. The number of nitrogens with one attached hydrogen (secondary N) is 1. The number of carbonyl (C=O) groups is 2. The number of carbonyl (C=O) groups excluding carboxylic acids is 2. The van der Waals surface area contributed by atoms with E-state index in [9.17, 15) is 18.0 Å². The average molecular weight is 696 g/mol. The van der Waals surface area contributed by atoms with Gasteiger partial charge in [0.15, 0.2) is 0 Å². The summed E-state index contributed by atoms with van der Waals surface area (Å²) in [5.74, 6) is 1.84. The van der Waals surface area contributed by atoms with Crippen molar-refractivity contribution in [3.05, 3.63) is 101 Å². The molecule has 0 spiro atoms. The Hall–Kier alpha value is -3.65. The SMILES string of the molecule is Cc1cccc(CN(C(=O)CN(c2ccc(C34CC5CC(CC(C5)C3)C4)cc2)S(C)(=O)=O)C(Cc2ccccc2)C(=O)NC2CCCCC2)c1. The highest BCUT2D eigenvalue weighted by Crippen LogP contribution is 2.60. The van der Waals surface area contributed by atoms with Crippen molar-refractivity contribution in [3.63, 3.8) is 0 Å². The standard InChI is InChI=1S/C42H53N3O4S/c1-30-10-9-13-32(20-30)28-44(39(24-31-11-5-3-6-12-31)41(47)43-37-14-7-4-8-15-37)40(46)29-45(50(2,48)49)38-18-16-36(17-19-38)42-25-33-21-34(26-42)23-35(22-33)27-42/h3,5-6,9-13,16-20,33-35,37,39H,4,7-8,14-15,21-29H2,1-2H3,(H,43,47). The van der Waals surface area contributed by atoms with Crippen LogP contribution >= 0.6 is 0 Å². The number of benzene rings is 3. The van der Waals surface area contributed by atoms with E-state index in [1.54, 1.807) is 4.90 Å². The predicted octanol–water partition coefficient (Wildman–Crippen LogP) is 7.32. The Morgan fingerprint density at radius 2 is 1.44 bits per heavy atom. The minimum absolute atomic E-state index is 0.0745. The molecule has 1 N–H and O–H groups in total. The Morgan fingerprint density at radius 1 is 0.820 bits per heavy atom. The molecule has 2 amide bonds. The molecule has 0 heterocycles. The first-order valence-corrected chi connectivity index (χ1v) is 20.7. The molecule has 4 bridgehead atoms. The summed E-state index contributed by atoms with van der Waals surface area (Å²) >= 11 is 0. The molecule has 7 nitrogen and oxygen atoms in total. The van der Waals surface area contributed by atoms with Crippen molar-refractivity contribution >= 4 is 27.5 Å². The number of hydrogen-bond acceptors (Lipinski definition) is 4. The number of anilines is 1. The molecule has 5 aliphatic carbocycles. The summed E-state index contributed by atoms with van der Waals surface area (Å²) < 4.78 is 28.1. The van der Waals surface area contributed by atoms with Gasteiger partial charge in [0.05, 0.1) is 11.9 Å². The Morgan fingerprint density at radius 3 is 2.04 bits per heavy atom. The number of amides is 2. The lowest BCUT2D eigenvalue weighted by molar-refractivity contribution is -0.140. The maximum Gasteiger partial charge on any atom is 0.244 e. The largest absolute Gasteiger partial charge is 0.352 e. The zero-order valence-electron chi connectivity index (χ0n) is 29.7. The van der Waals surface area contributed by atoms with Gasteiger partial charge in [-0.25, -0.2) is 8.42 Å². The molecule has 5 fully saturated rings. The summed E-state index contributed by atoms with van der Waals surface area (Å²) in [6, 6.07) is 25.0. The normalized spacial score (nSPS) is 25.2. The lowest BCUT2D eigenvalue weighted by Crippen LogP contribution is -2.55. The molecular formula is C42H53N3O4S. The third kappa shape index (κ3) is 7.80. The topological polar surface area (TPSA) is 86.8 Å². The van der Waals surface area contributed by atoms with E-state index in [4.69, 9.17) is 0 Å². The highest BCUT2D eigenvalue weighted by molar-refractivity contribution is 7.92. The molecule has 0 radical (unpaired) electrons. The summed E-state index contributed by atoms with van der Waals surface area (Å²) in [7, 11) is -3.83. The highest BCUT2D eigenvalue weighted by Gasteiger charge is 2.51. The molecule has 8 heteroatoms. The first kappa shape index (κ1) is 34.8. The molecule has 5 aliphatic rings. The minimum atomic E-state index is -3.83. The molecule has 1 unspecified atom stereocenters. The van der Waals surface area contributed by atoms with Crippen LogP contribution in [0.2, 0.25) is 0 Å². The monoisotopic (exact) mass is 695 g/mol. The van der Waals surface area contributed by atoms with Gasteiger partial charge in [-0.2, -0.15) is 0 Å². The van der Waals surface area contributed by atoms with Crippen molar-refractivity contribution in [3.8, 4) is 0 Å². The van der Waals surface area contributed by atoms with Crippen molar-refractivity contribution < 1.29 is 18.0 Å². The number of sulfonamides is 1. The van der Waals surface area contributed by atoms with Gasteiger partial charge in [-0.3, -0.25) is 13.9 Å². The summed E-state index contributed by atoms with van der Waals surface area (Å²) in [5.41, 5.74) is 4.88. The average Bonchev–Trinajstić information content (AvgIpc) is 3.08. The second kappa shape index (κ2) is 14.5. The summed E-state index contributed by atoms with van der Waals surface area (Å²) in [6.07, 6.45) is 14.4. The molecule has 1 atom stereocenters. The van der Waals surface area contributed by atoms with Gasteiger partial charge in [0.25, 0.3) is 0 Å². The smallest absolute Gasteiger partial charge is 0.244 e. The Balaban J connectivity index is 1.18. The number of nitrogens with zero attached hydrogens (tertiary/aromatic N) is 2. The van der Waals surface area contributed by atoms with Crippen molar-refractivity contribution in [1.82, 2.24) is 10.2 Å². The van der Waals surface area contributed by atoms with Crippen LogP contribution in [-0.2, 0) is 38.0 Å². The Labute approximate surface area is 298 Å². The number of aryl methyl sites for hydroxylation is 1. The molecular weight excluding hydrogens is 643 g/mol. The van der Waals surface area contributed by atoms with Crippen LogP contribution in [0.25, 0.3) is 0 Å². The van der Waals surface area contributed by atoms with Gasteiger partial charge in [0.2, 0.25) is 21.8 Å². The van der Waals surface area contributed by atoms with E-state index in [1.807, 2.05) is 73.7 Å². The second-order valence-electron chi connectivity index (χ2n) is 16.1. The maximum atomic E-state index is 14.6. The summed E-state index contributed by atoms with van der Waals surface area (Å²) in [4.78, 5) is 30.5. The van der Waals surface area contributed by atoms with Crippen LogP contribution in [0.4, 0.5) is 5.69 Å². The molecule has 8 rings (SSSR count). The molecule has 50 heavy (non-hydrogen) atoms. The van der Waals surface area contributed by atoms with E-state index >= 15 is 0 Å². The molecule has 0 aromatic heterocycles. The van der Waals surface area contributed by atoms with Crippen molar-refractivity contribution in [2.45, 2.75) is 108 Å². The Bertz CT molecular complexity index is 1730. The number of hydrogen-bond donors (Lipinski definition) is 1. The lowest BCUT2D eigenvalue weighted by Gasteiger charge is -2.57. The van der Waals surface area contributed by atoms with Gasteiger partial charge in [-0.1, -0.05) is 91.6 Å². The zero-order valence-corrected chi connectivity index (χ0v) is 30.5. The third-order valence-electron chi connectivity index (χ3n) is 12.1. The molecule has 266 valence electrons. The van der Waals surface area contributed by atoms with E-state index in [2.05, 4.69) is 17.4 Å². The van der Waals surface area contributed by atoms with Crippen molar-refractivity contribution in [2.75, 3.05) is 17.1 Å². The highest BCUT2D eigenvalue weighted by atomic mass is 32.2. The second-order valence-corrected chi connectivity index (χ2v) is 18.0. The molecule has 5 saturated carbocycles. The van der Waals surface area contributed by atoms with Crippen LogP contribution in [-0.4, -0.2) is 50.0 Å². The van der Waals surface area contributed by atoms with Gasteiger partial charge in [0, 0.05) is 19.0 Å². The fourth-order valence-corrected chi connectivity index (χ4v) is 11.0. The van der Waals surface area contributed by atoms with E-state index in [1.165, 1.54) is 54.8 Å².